The van der Waals surface area contributed by atoms with Gasteiger partial charge in [-0.25, -0.2) is 23.1 Å². The van der Waals surface area contributed by atoms with E-state index >= 15 is 0 Å². The van der Waals surface area contributed by atoms with Gasteiger partial charge in [0.2, 0.25) is 10.0 Å². The summed E-state index contributed by atoms with van der Waals surface area (Å²) in [5.74, 6) is 3.21. The van der Waals surface area contributed by atoms with Gasteiger partial charge in [0.05, 0.1) is 6.26 Å². The third kappa shape index (κ3) is 12.4. The highest BCUT2D eigenvalue weighted by Crippen LogP contribution is 2.42. The largest absolute Gasteiger partial charge is 0.369 e. The average molecular weight is 803 g/mol. The number of amides is 2. The molecule has 4 saturated carbocycles. The third-order valence-corrected chi connectivity index (χ3v) is 15.1. The summed E-state index contributed by atoms with van der Waals surface area (Å²) in [5, 5.41) is 3.75. The summed E-state index contributed by atoms with van der Waals surface area (Å²) in [6.45, 7) is 3.36. The Kier molecular flexibility index (Phi) is 16.5. The zero-order valence-electron chi connectivity index (χ0n) is 35.5. The number of likely N-dealkylation sites (N-methyl/N-ethyl adjacent to an activating group) is 2. The lowest BCUT2D eigenvalue weighted by molar-refractivity contribution is -0.132. The number of nitrogens with two attached hydrogens (primary N) is 2. The molecule has 6 rings (SSSR count). The Labute approximate surface area is 339 Å². The highest BCUT2D eigenvalue weighted by atomic mass is 32.2. The molecule has 56 heavy (non-hydrogen) atoms. The molecule has 0 spiro atoms. The van der Waals surface area contributed by atoms with E-state index in [-0.39, 0.29) is 23.8 Å². The molecule has 0 unspecified atom stereocenters. The fraction of sp³-hybridized carbons (Fsp3) is 0.907. The molecular weight excluding hydrogens is 725 g/mol. The average Bonchev–Trinajstić information content (AvgIpc) is 3.52. The summed E-state index contributed by atoms with van der Waals surface area (Å²) in [4.78, 5) is 38.9. The zero-order valence-corrected chi connectivity index (χ0v) is 36.4. The van der Waals surface area contributed by atoms with Gasteiger partial charge in [-0.05, 0) is 101 Å². The molecule has 6 atom stereocenters. The van der Waals surface area contributed by atoms with Crippen LogP contribution < -0.4 is 21.5 Å². The van der Waals surface area contributed by atoms with E-state index in [0.717, 1.165) is 70.3 Å². The first-order chi connectivity index (χ1) is 26.7. The first-order valence-electron chi connectivity index (χ1n) is 22.7. The second kappa shape index (κ2) is 20.6. The van der Waals surface area contributed by atoms with E-state index in [1.165, 1.54) is 114 Å². The standard InChI is InChI=1S/C23H42N4O.C20H36N4O3S/c1-3-4-15-25-20-12-8-11-19(16-20)17-23(21(28)27(2)22(24)26-23)14-13-18-9-6-5-7-10-18;1-24-18(25)20(22-19(24)21,12-11-15-7-4-3-5-8-15)14-16-9-6-10-17(13-16)23-28(2,26)27/h18-20,25H,3-17H2,1-2H3,(H2,24,26);15-17,23H,3-14H2,1-2H3,(H2,21,22)/t19-,20+,23+;16-,17+,20+/m00/s1. The van der Waals surface area contributed by atoms with Gasteiger partial charge < -0.3 is 16.8 Å². The van der Waals surface area contributed by atoms with Crippen molar-refractivity contribution in [2.24, 2.45) is 45.1 Å². The van der Waals surface area contributed by atoms with E-state index in [4.69, 9.17) is 21.5 Å². The molecule has 4 aliphatic carbocycles. The first-order valence-corrected chi connectivity index (χ1v) is 24.6. The number of carbonyl (C=O) groups excluding carboxylic acids is 2. The van der Waals surface area contributed by atoms with Crippen molar-refractivity contribution in [2.75, 3.05) is 26.9 Å². The van der Waals surface area contributed by atoms with Crippen LogP contribution in [0, 0.1) is 23.7 Å². The predicted octanol–water partition coefficient (Wildman–Crippen LogP) is 6.58. The lowest BCUT2D eigenvalue weighted by Gasteiger charge is -2.35. The molecule has 0 aromatic carbocycles. The molecule has 0 saturated heterocycles. The van der Waals surface area contributed by atoms with Gasteiger partial charge in [-0.3, -0.25) is 19.4 Å². The van der Waals surface area contributed by atoms with Crippen molar-refractivity contribution < 1.29 is 18.0 Å². The fourth-order valence-electron chi connectivity index (χ4n) is 11.1. The quantitative estimate of drug-likeness (QED) is 0.128. The lowest BCUT2D eigenvalue weighted by atomic mass is 9.74. The SMILES string of the molecule is CCCCN[C@@H]1CCC[C@H](C[C@@]2(CCC3CCCCC3)N=C(N)N(C)C2=O)C1.CN1C(=O)[C@@](CCC2CCCCC2)(C[C@H]2CCC[C@@H](NS(C)(=O)=O)C2)N=C1N. The summed E-state index contributed by atoms with van der Waals surface area (Å²) < 4.78 is 26.0. The van der Waals surface area contributed by atoms with Crippen LogP contribution in [0.3, 0.4) is 0 Å². The molecule has 0 aromatic rings. The number of carbonyl (C=O) groups is 2. The van der Waals surface area contributed by atoms with Crippen LogP contribution in [-0.4, -0.2) is 92.0 Å². The molecule has 0 aromatic heterocycles. The number of rotatable bonds is 16. The topological polar surface area (TPSA) is 176 Å². The summed E-state index contributed by atoms with van der Waals surface area (Å²) in [7, 11) is 0.282. The molecule has 320 valence electrons. The Morgan fingerprint density at radius 3 is 1.50 bits per heavy atom. The second-order valence-electron chi connectivity index (χ2n) is 18.9. The number of sulfonamides is 1. The van der Waals surface area contributed by atoms with Crippen molar-refractivity contribution in [1.29, 1.82) is 0 Å². The number of nitrogens with zero attached hydrogens (tertiary/aromatic N) is 4. The molecular formula is C43H78N8O4S. The Morgan fingerprint density at radius 2 is 1.09 bits per heavy atom. The highest BCUT2D eigenvalue weighted by Gasteiger charge is 2.49. The molecule has 6 aliphatic rings. The molecule has 4 fully saturated rings. The summed E-state index contributed by atoms with van der Waals surface area (Å²) in [6.07, 6.45) is 30.7. The van der Waals surface area contributed by atoms with Gasteiger partial charge in [0.15, 0.2) is 11.9 Å². The van der Waals surface area contributed by atoms with Crippen LogP contribution in [-0.2, 0) is 19.6 Å². The van der Waals surface area contributed by atoms with Gasteiger partial charge in [-0.2, -0.15) is 0 Å². The number of unbranched alkanes of at least 4 members (excludes halogenated alkanes) is 1. The molecule has 13 heteroatoms. The van der Waals surface area contributed by atoms with Crippen molar-refractivity contribution in [2.45, 2.75) is 197 Å². The monoisotopic (exact) mass is 803 g/mol. The van der Waals surface area contributed by atoms with Crippen LogP contribution in [0.25, 0.3) is 0 Å². The fourth-order valence-corrected chi connectivity index (χ4v) is 12.0. The van der Waals surface area contributed by atoms with Crippen LogP contribution >= 0.6 is 0 Å². The number of aliphatic imine (C=N–C) groups is 2. The van der Waals surface area contributed by atoms with E-state index in [1.807, 2.05) is 0 Å². The van der Waals surface area contributed by atoms with E-state index in [0.29, 0.717) is 36.2 Å². The normalized spacial score (nSPS) is 32.3. The van der Waals surface area contributed by atoms with E-state index < -0.39 is 21.1 Å². The minimum absolute atomic E-state index is 0.0130. The Balaban J connectivity index is 0.000000214. The highest BCUT2D eigenvalue weighted by molar-refractivity contribution is 7.88. The molecule has 2 heterocycles. The maximum absolute atomic E-state index is 13.2. The summed E-state index contributed by atoms with van der Waals surface area (Å²) >= 11 is 0. The predicted molar refractivity (Wildman–Crippen MR) is 227 cm³/mol. The number of nitrogens with one attached hydrogen (secondary N) is 2. The van der Waals surface area contributed by atoms with Crippen LogP contribution in [0.1, 0.15) is 174 Å². The minimum Gasteiger partial charge on any atom is -0.369 e. The summed E-state index contributed by atoms with van der Waals surface area (Å²) in [6, 6.07) is 0.566. The zero-order chi connectivity index (χ0) is 40.3. The van der Waals surface area contributed by atoms with E-state index in [1.54, 1.807) is 19.0 Å². The van der Waals surface area contributed by atoms with Gasteiger partial charge >= 0.3 is 0 Å². The van der Waals surface area contributed by atoms with Gasteiger partial charge in [-0.1, -0.05) is 103 Å². The second-order valence-corrected chi connectivity index (χ2v) is 20.7. The lowest BCUT2D eigenvalue weighted by Crippen LogP contribution is -2.45. The molecule has 2 amide bonds. The molecule has 0 radical (unpaired) electrons. The van der Waals surface area contributed by atoms with Crippen LogP contribution in [0.15, 0.2) is 9.98 Å². The van der Waals surface area contributed by atoms with Crippen LogP contribution in [0.2, 0.25) is 0 Å². The maximum Gasteiger partial charge on any atom is 0.257 e. The summed E-state index contributed by atoms with van der Waals surface area (Å²) in [5.41, 5.74) is 10.8. The van der Waals surface area contributed by atoms with Crippen molar-refractivity contribution in [3.63, 3.8) is 0 Å². The Morgan fingerprint density at radius 1 is 0.661 bits per heavy atom. The van der Waals surface area contributed by atoms with Gasteiger partial charge in [0.25, 0.3) is 11.8 Å². The maximum atomic E-state index is 13.2. The Hall–Kier alpha value is -2.25. The van der Waals surface area contributed by atoms with Crippen molar-refractivity contribution in [1.82, 2.24) is 19.8 Å². The van der Waals surface area contributed by atoms with Gasteiger partial charge in [-0.15, -0.1) is 0 Å². The van der Waals surface area contributed by atoms with Crippen LogP contribution in [0.4, 0.5) is 0 Å². The van der Waals surface area contributed by atoms with E-state index in [2.05, 4.69) is 17.0 Å². The van der Waals surface area contributed by atoms with Crippen molar-refractivity contribution in [3.8, 4) is 0 Å². The number of hydrogen-bond acceptors (Lipinski definition) is 9. The first kappa shape index (κ1) is 44.8. The van der Waals surface area contributed by atoms with Gasteiger partial charge in [0, 0.05) is 26.2 Å². The van der Waals surface area contributed by atoms with Crippen LogP contribution in [0.5, 0.6) is 0 Å². The van der Waals surface area contributed by atoms with Gasteiger partial charge in [0.1, 0.15) is 11.1 Å². The molecule has 12 nitrogen and oxygen atoms in total. The van der Waals surface area contributed by atoms with Crippen molar-refractivity contribution >= 4 is 33.8 Å². The Bertz CT molecular complexity index is 1460. The van der Waals surface area contributed by atoms with Crippen molar-refractivity contribution in [3.05, 3.63) is 0 Å². The van der Waals surface area contributed by atoms with E-state index in [9.17, 15) is 18.0 Å². The molecule has 6 N–H and O–H groups in total. The number of guanidine groups is 2. The minimum atomic E-state index is -3.22. The number of hydrogen-bond donors (Lipinski definition) is 4. The third-order valence-electron chi connectivity index (χ3n) is 14.3. The smallest absolute Gasteiger partial charge is 0.257 e. The molecule has 0 bridgehead atoms. The molecule has 2 aliphatic heterocycles.